The lowest BCUT2D eigenvalue weighted by atomic mass is 9.92. The second-order valence-corrected chi connectivity index (χ2v) is 8.88. The minimum Gasteiger partial charge on any atom is -0.396 e. The number of aliphatic hydroxyl groups is 1. The topological polar surface area (TPSA) is 94.3 Å². The van der Waals surface area contributed by atoms with Crippen LogP contribution in [0.25, 0.3) is 27.5 Å². The lowest BCUT2D eigenvalue weighted by Crippen LogP contribution is -2.16. The van der Waals surface area contributed by atoms with Crippen molar-refractivity contribution in [3.05, 3.63) is 78.4 Å². The molecule has 0 fully saturated rings. The standard InChI is InChI=1S/C26H28N6O/c1-17(18(2)15-33)10-22-12-23(25-26(27)28-16-29-32(22)25)20-8-9-21-14-31(30-24(21)11-20)13-19-6-4-3-5-7-19/h3-9,11-12,14,16-18,33H,10,13,15H2,1-2H3,(H2,27,28,29)/t17-,18+/m0/s1. The van der Waals surface area contributed by atoms with Gasteiger partial charge in [-0.15, -0.1) is 0 Å². The van der Waals surface area contributed by atoms with E-state index in [2.05, 4.69) is 66.5 Å². The molecule has 2 atom stereocenters. The summed E-state index contributed by atoms with van der Waals surface area (Å²) in [6.45, 7) is 5.10. The van der Waals surface area contributed by atoms with E-state index in [1.807, 2.05) is 27.4 Å². The second kappa shape index (κ2) is 8.67. The summed E-state index contributed by atoms with van der Waals surface area (Å²) in [5, 5.41) is 19.9. The number of fused-ring (bicyclic) bond motifs is 2. The molecule has 7 nitrogen and oxygen atoms in total. The summed E-state index contributed by atoms with van der Waals surface area (Å²) < 4.78 is 3.86. The molecular formula is C26H28N6O. The van der Waals surface area contributed by atoms with Crippen LogP contribution in [0, 0.1) is 11.8 Å². The molecule has 5 rings (SSSR count). The summed E-state index contributed by atoms with van der Waals surface area (Å²) in [5.41, 5.74) is 12.3. The summed E-state index contributed by atoms with van der Waals surface area (Å²) >= 11 is 0. The minimum absolute atomic E-state index is 0.163. The summed E-state index contributed by atoms with van der Waals surface area (Å²) in [6, 6.07) is 18.8. The average molecular weight is 441 g/mol. The third-order valence-corrected chi connectivity index (χ3v) is 6.50. The summed E-state index contributed by atoms with van der Waals surface area (Å²) in [6.07, 6.45) is 4.35. The first-order valence-corrected chi connectivity index (χ1v) is 11.3. The number of nitrogens with two attached hydrogens (primary N) is 1. The summed E-state index contributed by atoms with van der Waals surface area (Å²) in [5.74, 6) is 0.945. The van der Waals surface area contributed by atoms with Gasteiger partial charge in [-0.1, -0.05) is 56.3 Å². The highest BCUT2D eigenvalue weighted by Crippen LogP contribution is 2.33. The summed E-state index contributed by atoms with van der Waals surface area (Å²) in [7, 11) is 0. The maximum Gasteiger partial charge on any atom is 0.151 e. The summed E-state index contributed by atoms with van der Waals surface area (Å²) in [4.78, 5) is 4.24. The Morgan fingerprint density at radius 1 is 1.03 bits per heavy atom. The molecule has 0 spiro atoms. The normalized spacial score (nSPS) is 13.5. The predicted molar refractivity (Wildman–Crippen MR) is 131 cm³/mol. The van der Waals surface area contributed by atoms with Crippen LogP contribution in [0.15, 0.2) is 67.1 Å². The van der Waals surface area contributed by atoms with Crippen LogP contribution in [-0.2, 0) is 13.0 Å². The smallest absolute Gasteiger partial charge is 0.151 e. The van der Waals surface area contributed by atoms with Crippen LogP contribution in [-0.4, -0.2) is 36.1 Å². The number of nitrogen functional groups attached to an aromatic ring is 1. The Labute approximate surface area is 192 Å². The fourth-order valence-corrected chi connectivity index (χ4v) is 4.30. The van der Waals surface area contributed by atoms with Gasteiger partial charge in [0.15, 0.2) is 5.82 Å². The van der Waals surface area contributed by atoms with Crippen molar-refractivity contribution in [3.63, 3.8) is 0 Å². The van der Waals surface area contributed by atoms with Gasteiger partial charge in [-0.25, -0.2) is 9.50 Å². The molecule has 0 bridgehead atoms. The Morgan fingerprint density at radius 2 is 1.85 bits per heavy atom. The Morgan fingerprint density at radius 3 is 2.64 bits per heavy atom. The maximum absolute atomic E-state index is 9.56. The number of hydrogen-bond donors (Lipinski definition) is 2. The minimum atomic E-state index is 0.163. The van der Waals surface area contributed by atoms with Gasteiger partial charge in [-0.2, -0.15) is 10.2 Å². The van der Waals surface area contributed by atoms with Gasteiger partial charge in [0.05, 0.1) is 12.1 Å². The van der Waals surface area contributed by atoms with Crippen LogP contribution in [0.4, 0.5) is 5.82 Å². The van der Waals surface area contributed by atoms with E-state index in [1.54, 1.807) is 0 Å². The van der Waals surface area contributed by atoms with Gasteiger partial charge in [0.2, 0.25) is 0 Å². The Hall–Kier alpha value is -3.71. The monoisotopic (exact) mass is 440 g/mol. The van der Waals surface area contributed by atoms with Gasteiger partial charge < -0.3 is 10.8 Å². The second-order valence-electron chi connectivity index (χ2n) is 8.88. The van der Waals surface area contributed by atoms with E-state index in [0.717, 1.165) is 46.2 Å². The van der Waals surface area contributed by atoms with Crippen LogP contribution < -0.4 is 5.73 Å². The van der Waals surface area contributed by atoms with Crippen LogP contribution in [0.5, 0.6) is 0 Å². The van der Waals surface area contributed by atoms with E-state index in [1.165, 1.54) is 11.9 Å². The SMILES string of the molecule is C[C@H](CO)[C@@H](C)Cc1cc(-c2ccc3cn(Cc4ccccc4)nc3c2)c2c(N)ncnn12. The highest BCUT2D eigenvalue weighted by atomic mass is 16.3. The molecule has 7 heteroatoms. The van der Waals surface area contributed by atoms with Crippen molar-refractivity contribution in [2.75, 3.05) is 12.3 Å². The largest absolute Gasteiger partial charge is 0.396 e. The zero-order chi connectivity index (χ0) is 22.9. The third kappa shape index (κ3) is 4.07. The number of nitrogens with zero attached hydrogens (tertiary/aromatic N) is 5. The fraction of sp³-hybridized carbons (Fsp3) is 0.269. The van der Waals surface area contributed by atoms with Gasteiger partial charge in [0.1, 0.15) is 11.8 Å². The molecule has 0 aliphatic rings. The molecule has 0 amide bonds. The van der Waals surface area contributed by atoms with Crippen LogP contribution in [0.1, 0.15) is 25.1 Å². The Bertz CT molecular complexity index is 1400. The van der Waals surface area contributed by atoms with E-state index in [4.69, 9.17) is 10.8 Å². The number of benzene rings is 2. The first kappa shape index (κ1) is 21.2. The van der Waals surface area contributed by atoms with Gasteiger partial charge in [0.25, 0.3) is 0 Å². The quantitative estimate of drug-likeness (QED) is 0.396. The molecule has 0 unspecified atom stereocenters. The number of hydrogen-bond acceptors (Lipinski definition) is 5. The zero-order valence-corrected chi connectivity index (χ0v) is 18.9. The molecule has 3 aromatic heterocycles. The highest BCUT2D eigenvalue weighted by Gasteiger charge is 2.19. The molecular weight excluding hydrogens is 412 g/mol. The van der Waals surface area contributed by atoms with Crippen molar-refractivity contribution < 1.29 is 5.11 Å². The van der Waals surface area contributed by atoms with Crippen LogP contribution in [0.2, 0.25) is 0 Å². The Balaban J connectivity index is 1.54. The molecule has 3 heterocycles. The van der Waals surface area contributed by atoms with Crippen molar-refractivity contribution in [2.45, 2.75) is 26.8 Å². The van der Waals surface area contributed by atoms with Gasteiger partial charge in [-0.05, 0) is 41.5 Å². The molecule has 2 aromatic carbocycles. The first-order chi connectivity index (χ1) is 16.0. The molecule has 0 saturated carbocycles. The Kier molecular flexibility index (Phi) is 5.56. The lowest BCUT2D eigenvalue weighted by Gasteiger charge is -2.17. The number of anilines is 1. The van der Waals surface area contributed by atoms with Gasteiger partial charge in [0, 0.05) is 29.4 Å². The molecule has 0 saturated heterocycles. The lowest BCUT2D eigenvalue weighted by molar-refractivity contribution is 0.194. The molecule has 0 radical (unpaired) electrons. The van der Waals surface area contributed by atoms with Crippen molar-refractivity contribution in [2.24, 2.45) is 11.8 Å². The third-order valence-electron chi connectivity index (χ3n) is 6.50. The number of aliphatic hydroxyl groups excluding tert-OH is 1. The van der Waals surface area contributed by atoms with Crippen molar-refractivity contribution in [1.82, 2.24) is 24.4 Å². The van der Waals surface area contributed by atoms with Crippen molar-refractivity contribution >= 4 is 22.2 Å². The molecule has 0 aliphatic carbocycles. The van der Waals surface area contributed by atoms with E-state index in [-0.39, 0.29) is 12.5 Å². The zero-order valence-electron chi connectivity index (χ0n) is 18.9. The van der Waals surface area contributed by atoms with Crippen LogP contribution >= 0.6 is 0 Å². The van der Waals surface area contributed by atoms with E-state index >= 15 is 0 Å². The molecule has 0 aliphatic heterocycles. The van der Waals surface area contributed by atoms with Crippen molar-refractivity contribution in [3.8, 4) is 11.1 Å². The average Bonchev–Trinajstić information content (AvgIpc) is 3.40. The van der Waals surface area contributed by atoms with E-state index < -0.39 is 0 Å². The highest BCUT2D eigenvalue weighted by molar-refractivity contribution is 5.92. The molecule has 33 heavy (non-hydrogen) atoms. The maximum atomic E-state index is 9.56. The van der Waals surface area contributed by atoms with Gasteiger partial charge >= 0.3 is 0 Å². The number of aromatic nitrogens is 5. The fourth-order valence-electron chi connectivity index (χ4n) is 4.30. The van der Waals surface area contributed by atoms with E-state index in [9.17, 15) is 5.11 Å². The molecule has 168 valence electrons. The predicted octanol–water partition coefficient (Wildman–Crippen LogP) is 4.18. The molecule has 3 N–H and O–H groups in total. The van der Waals surface area contributed by atoms with Crippen molar-refractivity contribution in [1.29, 1.82) is 0 Å². The number of rotatable bonds is 7. The van der Waals surface area contributed by atoms with Gasteiger partial charge in [-0.3, -0.25) is 4.68 Å². The van der Waals surface area contributed by atoms with Crippen LogP contribution in [0.3, 0.4) is 0 Å². The molecule has 5 aromatic rings. The van der Waals surface area contributed by atoms with E-state index in [0.29, 0.717) is 11.7 Å². The first-order valence-electron chi connectivity index (χ1n) is 11.3.